The molecule has 1 saturated heterocycles. The molecule has 23 heavy (non-hydrogen) atoms. The quantitative estimate of drug-likeness (QED) is 0.859. The molecule has 122 valence electrons. The molecular formula is C15H20N6O2. The van der Waals surface area contributed by atoms with Crippen LogP contribution in [0.2, 0.25) is 0 Å². The van der Waals surface area contributed by atoms with Gasteiger partial charge < -0.3 is 9.64 Å². The van der Waals surface area contributed by atoms with E-state index in [1.54, 1.807) is 11.1 Å². The van der Waals surface area contributed by atoms with Crippen LogP contribution in [0.25, 0.3) is 0 Å². The Balaban J connectivity index is 1.45. The molecule has 0 radical (unpaired) electrons. The number of ether oxygens (including phenoxy) is 1. The molecule has 4 rings (SSSR count). The second kappa shape index (κ2) is 5.77. The van der Waals surface area contributed by atoms with Crippen LogP contribution in [0.1, 0.15) is 53.0 Å². The molecule has 2 N–H and O–H groups in total. The molecule has 2 fully saturated rings. The van der Waals surface area contributed by atoms with Gasteiger partial charge in [-0.15, -0.1) is 0 Å². The number of aromatic nitrogens is 5. The third-order valence-corrected chi connectivity index (χ3v) is 4.68. The van der Waals surface area contributed by atoms with Crippen molar-refractivity contribution >= 4 is 5.91 Å². The Morgan fingerprint density at radius 2 is 2.22 bits per heavy atom. The Morgan fingerprint density at radius 3 is 2.96 bits per heavy atom. The van der Waals surface area contributed by atoms with Crippen molar-refractivity contribution in [2.45, 2.75) is 37.2 Å². The fourth-order valence-corrected chi connectivity index (χ4v) is 3.24. The van der Waals surface area contributed by atoms with E-state index >= 15 is 0 Å². The highest BCUT2D eigenvalue weighted by molar-refractivity contribution is 5.95. The molecule has 2 aromatic rings. The first-order valence-electron chi connectivity index (χ1n) is 7.99. The van der Waals surface area contributed by atoms with E-state index in [4.69, 9.17) is 4.74 Å². The van der Waals surface area contributed by atoms with Crippen LogP contribution in [0.3, 0.4) is 0 Å². The van der Waals surface area contributed by atoms with E-state index in [0.29, 0.717) is 24.6 Å². The normalized spacial score (nSPS) is 24.0. The molecule has 2 aliphatic rings. The second-order valence-electron chi connectivity index (χ2n) is 6.33. The van der Waals surface area contributed by atoms with Crippen molar-refractivity contribution in [2.75, 3.05) is 20.2 Å². The zero-order valence-corrected chi connectivity index (χ0v) is 13.0. The van der Waals surface area contributed by atoms with E-state index in [1.165, 1.54) is 6.33 Å². The van der Waals surface area contributed by atoms with Gasteiger partial charge in [-0.05, 0) is 19.3 Å². The average molecular weight is 316 g/mol. The summed E-state index contributed by atoms with van der Waals surface area (Å²) in [5.41, 5.74) is 1.66. The standard InChI is InChI=1S/C15H20N6O2/c1-21(15(22)11-6-17-19-13(11)9-2-3-9)7-12-10(4-5-23-12)14-16-8-18-20-14/h6,8-10,12H,2-5,7H2,1H3,(H,17,19)(H,16,18,20)/t10-,12-/m1/s1. The van der Waals surface area contributed by atoms with Crippen LogP contribution < -0.4 is 0 Å². The van der Waals surface area contributed by atoms with Crippen LogP contribution >= 0.6 is 0 Å². The van der Waals surface area contributed by atoms with Crippen molar-refractivity contribution in [2.24, 2.45) is 0 Å². The van der Waals surface area contributed by atoms with Gasteiger partial charge in [0.05, 0.1) is 23.6 Å². The molecule has 1 aliphatic carbocycles. The van der Waals surface area contributed by atoms with E-state index in [9.17, 15) is 4.79 Å². The predicted octanol–water partition coefficient (Wildman–Crippen LogP) is 1.05. The summed E-state index contributed by atoms with van der Waals surface area (Å²) in [6.07, 6.45) is 6.23. The van der Waals surface area contributed by atoms with Gasteiger partial charge in [0.25, 0.3) is 5.91 Å². The third-order valence-electron chi connectivity index (χ3n) is 4.68. The first kappa shape index (κ1) is 14.4. The van der Waals surface area contributed by atoms with Crippen molar-refractivity contribution in [1.29, 1.82) is 0 Å². The van der Waals surface area contributed by atoms with Crippen LogP contribution in [0.15, 0.2) is 12.5 Å². The summed E-state index contributed by atoms with van der Waals surface area (Å²) in [7, 11) is 1.81. The molecular weight excluding hydrogens is 296 g/mol. The number of aromatic amines is 2. The number of hydrogen-bond acceptors (Lipinski definition) is 5. The Labute approximate surface area is 133 Å². The monoisotopic (exact) mass is 316 g/mol. The van der Waals surface area contributed by atoms with Crippen molar-refractivity contribution in [3.63, 3.8) is 0 Å². The van der Waals surface area contributed by atoms with Crippen molar-refractivity contribution in [1.82, 2.24) is 30.3 Å². The summed E-state index contributed by atoms with van der Waals surface area (Å²) in [6, 6.07) is 0. The lowest BCUT2D eigenvalue weighted by atomic mass is 10.00. The van der Waals surface area contributed by atoms with Crippen LogP contribution in [0.4, 0.5) is 0 Å². The first-order valence-corrected chi connectivity index (χ1v) is 7.99. The van der Waals surface area contributed by atoms with E-state index in [0.717, 1.165) is 30.8 Å². The molecule has 1 aliphatic heterocycles. The summed E-state index contributed by atoms with van der Waals surface area (Å²) in [6.45, 7) is 1.20. The highest BCUT2D eigenvalue weighted by Gasteiger charge is 2.35. The third kappa shape index (κ3) is 2.74. The van der Waals surface area contributed by atoms with Gasteiger partial charge in [-0.3, -0.25) is 15.0 Å². The molecule has 2 aromatic heterocycles. The van der Waals surface area contributed by atoms with Gasteiger partial charge in [-0.2, -0.15) is 10.2 Å². The van der Waals surface area contributed by atoms with E-state index in [2.05, 4.69) is 25.4 Å². The molecule has 0 bridgehead atoms. The molecule has 0 aromatic carbocycles. The molecule has 2 atom stereocenters. The molecule has 8 heteroatoms. The van der Waals surface area contributed by atoms with Crippen molar-refractivity contribution in [3.8, 4) is 0 Å². The highest BCUT2D eigenvalue weighted by Crippen LogP contribution is 2.40. The zero-order chi connectivity index (χ0) is 15.8. The van der Waals surface area contributed by atoms with Crippen LogP contribution in [0.5, 0.6) is 0 Å². The molecule has 0 unspecified atom stereocenters. The number of rotatable bonds is 5. The average Bonchev–Trinajstić information content (AvgIpc) is 3.02. The lowest BCUT2D eigenvalue weighted by Crippen LogP contribution is -2.36. The molecule has 1 saturated carbocycles. The SMILES string of the molecule is CN(C[C@H]1OCC[C@H]1c1ncn[nH]1)C(=O)c1cn[nH]c1C1CC1. The fraction of sp³-hybridized carbons (Fsp3) is 0.600. The molecule has 8 nitrogen and oxygen atoms in total. The van der Waals surface area contributed by atoms with Gasteiger partial charge in [0.1, 0.15) is 12.2 Å². The van der Waals surface area contributed by atoms with Gasteiger partial charge in [0.15, 0.2) is 0 Å². The van der Waals surface area contributed by atoms with E-state index < -0.39 is 0 Å². The van der Waals surface area contributed by atoms with Crippen molar-refractivity contribution in [3.05, 3.63) is 29.6 Å². The van der Waals surface area contributed by atoms with Crippen LogP contribution in [-0.2, 0) is 4.74 Å². The summed E-state index contributed by atoms with van der Waals surface area (Å²) < 4.78 is 5.81. The maximum absolute atomic E-state index is 12.7. The lowest BCUT2D eigenvalue weighted by Gasteiger charge is -2.24. The highest BCUT2D eigenvalue weighted by atomic mass is 16.5. The molecule has 3 heterocycles. The maximum atomic E-state index is 12.7. The first-order chi connectivity index (χ1) is 11.2. The molecule has 0 spiro atoms. The summed E-state index contributed by atoms with van der Waals surface area (Å²) in [5, 5.41) is 13.8. The Morgan fingerprint density at radius 1 is 1.35 bits per heavy atom. The predicted molar refractivity (Wildman–Crippen MR) is 81.0 cm³/mol. The lowest BCUT2D eigenvalue weighted by molar-refractivity contribution is 0.0549. The second-order valence-corrected chi connectivity index (χ2v) is 6.33. The number of nitrogens with zero attached hydrogens (tertiary/aromatic N) is 4. The topological polar surface area (TPSA) is 99.8 Å². The maximum Gasteiger partial charge on any atom is 0.257 e. The number of carbonyl (C=O) groups is 1. The Hall–Kier alpha value is -2.22. The van der Waals surface area contributed by atoms with Gasteiger partial charge >= 0.3 is 0 Å². The van der Waals surface area contributed by atoms with Gasteiger partial charge in [-0.25, -0.2) is 4.98 Å². The summed E-state index contributed by atoms with van der Waals surface area (Å²) >= 11 is 0. The minimum atomic E-state index is -0.0619. The fourth-order valence-electron chi connectivity index (χ4n) is 3.24. The summed E-state index contributed by atoms with van der Waals surface area (Å²) in [5.74, 6) is 1.44. The largest absolute Gasteiger partial charge is 0.376 e. The van der Waals surface area contributed by atoms with E-state index in [-0.39, 0.29) is 17.9 Å². The number of H-pyrrole nitrogens is 2. The Kier molecular flexibility index (Phi) is 3.60. The van der Waals surface area contributed by atoms with E-state index in [1.807, 2.05) is 7.05 Å². The van der Waals surface area contributed by atoms with Gasteiger partial charge in [0.2, 0.25) is 0 Å². The minimum Gasteiger partial charge on any atom is -0.376 e. The number of hydrogen-bond donors (Lipinski definition) is 2. The van der Waals surface area contributed by atoms with Crippen molar-refractivity contribution < 1.29 is 9.53 Å². The number of amides is 1. The number of nitrogens with one attached hydrogen (secondary N) is 2. The minimum absolute atomic E-state index is 0.00697. The van der Waals surface area contributed by atoms with Gasteiger partial charge in [-0.1, -0.05) is 0 Å². The number of carbonyl (C=O) groups excluding carboxylic acids is 1. The zero-order valence-electron chi connectivity index (χ0n) is 13.0. The van der Waals surface area contributed by atoms with Crippen LogP contribution in [-0.4, -0.2) is 62.5 Å². The smallest absolute Gasteiger partial charge is 0.257 e. The van der Waals surface area contributed by atoms with Gasteiger partial charge in [0, 0.05) is 32.0 Å². The number of likely N-dealkylation sites (N-methyl/N-ethyl adjacent to an activating group) is 1. The van der Waals surface area contributed by atoms with Crippen LogP contribution in [0, 0.1) is 0 Å². The summed E-state index contributed by atoms with van der Waals surface area (Å²) in [4.78, 5) is 18.7. The molecule has 1 amide bonds. The Bertz CT molecular complexity index is 678.